The smallest absolute Gasteiger partial charge is 0.259 e. The first-order valence-electron chi connectivity index (χ1n) is 8.14. The summed E-state index contributed by atoms with van der Waals surface area (Å²) in [5, 5.41) is 5.09. The molecular formula is C19H18N4O3S. The number of nitrogens with zero attached hydrogens (tertiary/aromatic N) is 3. The molecule has 0 aliphatic carbocycles. The minimum atomic E-state index is -0.304. The van der Waals surface area contributed by atoms with E-state index in [0.29, 0.717) is 22.1 Å². The van der Waals surface area contributed by atoms with E-state index < -0.39 is 0 Å². The van der Waals surface area contributed by atoms with Gasteiger partial charge in [0.1, 0.15) is 11.4 Å². The van der Waals surface area contributed by atoms with Crippen LogP contribution in [0.25, 0.3) is 11.4 Å². The molecule has 2 aromatic heterocycles. The Labute approximate surface area is 160 Å². The fraction of sp³-hybridized carbons (Fsp3) is 0.158. The third kappa shape index (κ3) is 4.89. The number of nitrogens with one attached hydrogen (secondary N) is 1. The predicted octanol–water partition coefficient (Wildman–Crippen LogP) is 2.92. The van der Waals surface area contributed by atoms with Crippen LogP contribution in [0, 0.1) is 0 Å². The van der Waals surface area contributed by atoms with Crippen molar-refractivity contribution < 1.29 is 14.3 Å². The Morgan fingerprint density at radius 2 is 2.00 bits per heavy atom. The zero-order valence-corrected chi connectivity index (χ0v) is 15.7. The first-order chi connectivity index (χ1) is 13.0. The fourth-order valence-corrected chi connectivity index (χ4v) is 2.83. The van der Waals surface area contributed by atoms with Crippen LogP contribution in [0.3, 0.4) is 0 Å². The van der Waals surface area contributed by atoms with Crippen molar-refractivity contribution in [2.24, 2.45) is 0 Å². The molecule has 138 valence electrons. The number of thiazole rings is 1. The molecule has 0 saturated heterocycles. The summed E-state index contributed by atoms with van der Waals surface area (Å²) in [6.07, 6.45) is 1.69. The lowest BCUT2D eigenvalue weighted by Gasteiger charge is -2.11. The molecule has 7 nitrogen and oxygen atoms in total. The molecule has 8 heteroatoms. The number of likely N-dealkylation sites (N-methyl/N-ethyl adjacent to an activating group) is 1. The average Bonchev–Trinajstić information content (AvgIpc) is 3.15. The number of carbonyl (C=O) groups is 2. The van der Waals surface area contributed by atoms with E-state index in [1.54, 1.807) is 44.6 Å². The molecule has 0 unspecified atom stereocenters. The van der Waals surface area contributed by atoms with Crippen LogP contribution in [0.4, 0.5) is 5.13 Å². The van der Waals surface area contributed by atoms with Crippen LogP contribution in [0.2, 0.25) is 0 Å². The zero-order valence-electron chi connectivity index (χ0n) is 14.9. The quantitative estimate of drug-likeness (QED) is 0.709. The molecule has 3 rings (SSSR count). The molecule has 0 spiro atoms. The molecule has 2 amide bonds. The Balaban J connectivity index is 1.65. The molecule has 27 heavy (non-hydrogen) atoms. The molecule has 0 saturated carbocycles. The highest BCUT2D eigenvalue weighted by Gasteiger charge is 2.12. The standard InChI is InChI=1S/C19H18N4O3S/c1-23(2)17(24)11-26-14-7-5-6-13(10-14)18(25)22-19-21-16(12-27-19)15-8-3-4-9-20-15/h3-10,12H,11H2,1-2H3,(H,21,22,25). The van der Waals surface area contributed by atoms with Crippen molar-refractivity contribution in [2.45, 2.75) is 0 Å². The summed E-state index contributed by atoms with van der Waals surface area (Å²) in [4.78, 5) is 34.1. The second kappa shape index (κ2) is 8.41. The van der Waals surface area contributed by atoms with Gasteiger partial charge >= 0.3 is 0 Å². The van der Waals surface area contributed by atoms with Crippen LogP contribution in [-0.4, -0.2) is 47.4 Å². The zero-order chi connectivity index (χ0) is 19.2. The normalized spacial score (nSPS) is 10.3. The summed E-state index contributed by atoms with van der Waals surface area (Å²) in [7, 11) is 3.31. The van der Waals surface area contributed by atoms with Gasteiger partial charge in [-0.05, 0) is 30.3 Å². The van der Waals surface area contributed by atoms with Gasteiger partial charge < -0.3 is 9.64 Å². The number of rotatable bonds is 6. The van der Waals surface area contributed by atoms with E-state index in [0.717, 1.165) is 5.69 Å². The van der Waals surface area contributed by atoms with Crippen molar-refractivity contribution in [2.75, 3.05) is 26.0 Å². The minimum absolute atomic E-state index is 0.0853. The Bertz CT molecular complexity index is 941. The fourth-order valence-electron chi connectivity index (χ4n) is 2.13. The van der Waals surface area contributed by atoms with Crippen molar-refractivity contribution in [1.82, 2.24) is 14.9 Å². The Kier molecular flexibility index (Phi) is 5.77. The van der Waals surface area contributed by atoms with Crippen molar-refractivity contribution in [3.8, 4) is 17.1 Å². The second-order valence-electron chi connectivity index (χ2n) is 5.81. The van der Waals surface area contributed by atoms with Crippen LogP contribution in [-0.2, 0) is 4.79 Å². The van der Waals surface area contributed by atoms with Crippen molar-refractivity contribution in [3.63, 3.8) is 0 Å². The van der Waals surface area contributed by atoms with E-state index in [-0.39, 0.29) is 18.4 Å². The van der Waals surface area contributed by atoms with Gasteiger partial charge in [-0.25, -0.2) is 4.98 Å². The molecule has 0 atom stereocenters. The minimum Gasteiger partial charge on any atom is -0.484 e. The van der Waals surface area contributed by atoms with Crippen LogP contribution >= 0.6 is 11.3 Å². The van der Waals surface area contributed by atoms with E-state index in [2.05, 4.69) is 15.3 Å². The number of hydrogen-bond donors (Lipinski definition) is 1. The van der Waals surface area contributed by atoms with Gasteiger partial charge in [0.15, 0.2) is 11.7 Å². The van der Waals surface area contributed by atoms with E-state index in [1.807, 2.05) is 23.6 Å². The van der Waals surface area contributed by atoms with E-state index in [9.17, 15) is 9.59 Å². The molecule has 1 N–H and O–H groups in total. The van der Waals surface area contributed by atoms with Gasteiger partial charge in [0.05, 0.1) is 5.69 Å². The topological polar surface area (TPSA) is 84.4 Å². The summed E-state index contributed by atoms with van der Waals surface area (Å²) in [5.74, 6) is -0.0119. The van der Waals surface area contributed by atoms with Gasteiger partial charge in [0.25, 0.3) is 11.8 Å². The number of ether oxygens (including phenoxy) is 1. The lowest BCUT2D eigenvalue weighted by Crippen LogP contribution is -2.27. The number of hydrogen-bond acceptors (Lipinski definition) is 6. The highest BCUT2D eigenvalue weighted by Crippen LogP contribution is 2.24. The third-order valence-electron chi connectivity index (χ3n) is 3.61. The number of pyridine rings is 1. The maximum atomic E-state index is 12.5. The summed E-state index contributed by atoms with van der Waals surface area (Å²) >= 11 is 1.32. The summed E-state index contributed by atoms with van der Waals surface area (Å²) in [6.45, 7) is -0.0853. The van der Waals surface area contributed by atoms with E-state index >= 15 is 0 Å². The molecule has 0 bridgehead atoms. The van der Waals surface area contributed by atoms with Gasteiger partial charge in [-0.2, -0.15) is 0 Å². The number of aromatic nitrogens is 2. The first kappa shape index (κ1) is 18.5. The molecule has 2 heterocycles. The van der Waals surface area contributed by atoms with Crippen molar-refractivity contribution >= 4 is 28.3 Å². The number of anilines is 1. The highest BCUT2D eigenvalue weighted by molar-refractivity contribution is 7.14. The third-order valence-corrected chi connectivity index (χ3v) is 4.37. The van der Waals surface area contributed by atoms with Gasteiger partial charge in [-0.3, -0.25) is 19.9 Å². The Morgan fingerprint density at radius 3 is 2.74 bits per heavy atom. The largest absolute Gasteiger partial charge is 0.484 e. The molecule has 0 fully saturated rings. The Hall–Kier alpha value is -3.26. The van der Waals surface area contributed by atoms with Crippen LogP contribution < -0.4 is 10.1 Å². The first-order valence-corrected chi connectivity index (χ1v) is 9.02. The summed E-state index contributed by atoms with van der Waals surface area (Å²) in [5.41, 5.74) is 1.87. The Morgan fingerprint density at radius 1 is 1.15 bits per heavy atom. The van der Waals surface area contributed by atoms with E-state index in [1.165, 1.54) is 16.2 Å². The monoisotopic (exact) mass is 382 g/mol. The highest BCUT2D eigenvalue weighted by atomic mass is 32.1. The number of carbonyl (C=O) groups excluding carboxylic acids is 2. The SMILES string of the molecule is CN(C)C(=O)COc1cccc(C(=O)Nc2nc(-c3ccccn3)cs2)c1. The maximum Gasteiger partial charge on any atom is 0.259 e. The van der Waals surface area contributed by atoms with Crippen LogP contribution in [0.1, 0.15) is 10.4 Å². The molecule has 0 aliphatic heterocycles. The van der Waals surface area contributed by atoms with E-state index in [4.69, 9.17) is 4.74 Å². The average molecular weight is 382 g/mol. The lowest BCUT2D eigenvalue weighted by atomic mass is 10.2. The maximum absolute atomic E-state index is 12.5. The van der Waals surface area contributed by atoms with Crippen LogP contribution in [0.5, 0.6) is 5.75 Å². The summed E-state index contributed by atoms with van der Waals surface area (Å²) < 4.78 is 5.44. The second-order valence-corrected chi connectivity index (χ2v) is 6.67. The van der Waals surface area contributed by atoms with Gasteiger partial charge in [-0.15, -0.1) is 11.3 Å². The van der Waals surface area contributed by atoms with Crippen molar-refractivity contribution in [1.29, 1.82) is 0 Å². The van der Waals surface area contributed by atoms with Crippen LogP contribution in [0.15, 0.2) is 54.0 Å². The number of benzene rings is 1. The van der Waals surface area contributed by atoms with Gasteiger partial charge in [0, 0.05) is 31.2 Å². The molecule has 0 radical (unpaired) electrons. The molecular weight excluding hydrogens is 364 g/mol. The molecule has 3 aromatic rings. The van der Waals surface area contributed by atoms with Gasteiger partial charge in [0.2, 0.25) is 0 Å². The predicted molar refractivity (Wildman–Crippen MR) is 104 cm³/mol. The van der Waals surface area contributed by atoms with Gasteiger partial charge in [-0.1, -0.05) is 12.1 Å². The molecule has 1 aromatic carbocycles. The summed E-state index contributed by atoms with van der Waals surface area (Å²) in [6, 6.07) is 12.2. The molecule has 0 aliphatic rings. The van der Waals surface area contributed by atoms with Crippen molar-refractivity contribution in [3.05, 3.63) is 59.6 Å². The lowest BCUT2D eigenvalue weighted by molar-refractivity contribution is -0.130. The number of amides is 2.